The molecule has 0 spiro atoms. The molecule has 0 aromatic heterocycles. The van der Waals surface area contributed by atoms with Gasteiger partial charge in [-0.15, -0.1) is 0 Å². The summed E-state index contributed by atoms with van der Waals surface area (Å²) in [6.07, 6.45) is 3.85. The molecule has 0 aliphatic carbocycles. The maximum atomic E-state index is 11.6. The molecule has 1 heterocycles. The van der Waals surface area contributed by atoms with Gasteiger partial charge in [-0.3, -0.25) is 0 Å². The third-order valence-corrected chi connectivity index (χ3v) is 5.56. The van der Waals surface area contributed by atoms with Crippen LogP contribution in [0.5, 0.6) is 0 Å². The fourth-order valence-corrected chi connectivity index (χ4v) is 4.29. The molecule has 1 fully saturated rings. The van der Waals surface area contributed by atoms with Crippen LogP contribution in [0.25, 0.3) is 0 Å². The van der Waals surface area contributed by atoms with Gasteiger partial charge in [0.25, 0.3) is 0 Å². The second-order valence-electron chi connectivity index (χ2n) is 5.67. The van der Waals surface area contributed by atoms with Gasteiger partial charge in [-0.05, 0) is 48.9 Å². The molecule has 0 amide bonds. The topological polar surface area (TPSA) is 63.4 Å². The predicted molar refractivity (Wildman–Crippen MR) is 87.1 cm³/mol. The van der Waals surface area contributed by atoms with E-state index in [4.69, 9.17) is 28.9 Å². The Balaban J connectivity index is 2.03. The first-order valence-electron chi connectivity index (χ1n) is 6.92. The molecule has 2 N–H and O–H groups in total. The normalized spacial score (nSPS) is 22.2. The van der Waals surface area contributed by atoms with Crippen LogP contribution in [0.3, 0.4) is 0 Å². The molecule has 21 heavy (non-hydrogen) atoms. The monoisotopic (exact) mass is 350 g/mol. The second-order valence-corrected chi connectivity index (χ2v) is 8.53. The second kappa shape index (κ2) is 6.84. The van der Waals surface area contributed by atoms with Gasteiger partial charge in [-0.2, -0.15) is 0 Å². The van der Waals surface area contributed by atoms with Crippen molar-refractivity contribution in [3.8, 4) is 0 Å². The van der Waals surface area contributed by atoms with E-state index in [1.165, 1.54) is 6.26 Å². The van der Waals surface area contributed by atoms with Crippen molar-refractivity contribution in [2.75, 3.05) is 19.3 Å². The van der Waals surface area contributed by atoms with Crippen LogP contribution in [-0.4, -0.2) is 32.1 Å². The van der Waals surface area contributed by atoms with Crippen LogP contribution in [0.2, 0.25) is 10.0 Å². The highest BCUT2D eigenvalue weighted by Crippen LogP contribution is 2.29. The molecule has 0 bridgehead atoms. The van der Waals surface area contributed by atoms with Gasteiger partial charge in [0.2, 0.25) is 10.0 Å². The highest BCUT2D eigenvalue weighted by Gasteiger charge is 2.27. The van der Waals surface area contributed by atoms with Crippen LogP contribution in [0.1, 0.15) is 30.9 Å². The summed E-state index contributed by atoms with van der Waals surface area (Å²) in [5.74, 6) is 0.265. The predicted octanol–water partition coefficient (Wildman–Crippen LogP) is 3.05. The summed E-state index contributed by atoms with van der Waals surface area (Å²) in [4.78, 5) is 0. The first-order valence-corrected chi connectivity index (χ1v) is 9.53. The number of halogens is 2. The Bertz CT molecular complexity index is 587. The lowest BCUT2D eigenvalue weighted by molar-refractivity contribution is 0.247. The number of piperidine rings is 1. The average molecular weight is 351 g/mol. The van der Waals surface area contributed by atoms with Crippen molar-refractivity contribution in [1.82, 2.24) is 4.31 Å². The van der Waals surface area contributed by atoms with Crippen molar-refractivity contribution in [2.45, 2.75) is 25.3 Å². The van der Waals surface area contributed by atoms with Gasteiger partial charge in [0.1, 0.15) is 0 Å². The highest BCUT2D eigenvalue weighted by atomic mass is 35.5. The minimum atomic E-state index is -3.12. The molecule has 2 rings (SSSR count). The van der Waals surface area contributed by atoms with E-state index in [0.717, 1.165) is 24.8 Å². The standard InChI is InChI=1S/C14H20Cl2N2O2S/c1-21(19,20)18-4-2-3-10(9-18)5-14(17)11-6-12(15)8-13(16)7-11/h6-8,10,14H,2-5,9,17H2,1H3. The van der Waals surface area contributed by atoms with E-state index in [-0.39, 0.29) is 12.0 Å². The molecule has 0 radical (unpaired) electrons. The van der Waals surface area contributed by atoms with E-state index >= 15 is 0 Å². The average Bonchev–Trinajstić information content (AvgIpc) is 2.37. The molecule has 1 aliphatic heterocycles. The zero-order valence-electron chi connectivity index (χ0n) is 11.9. The number of nitrogens with two attached hydrogens (primary N) is 1. The van der Waals surface area contributed by atoms with Gasteiger partial charge in [-0.1, -0.05) is 23.2 Å². The van der Waals surface area contributed by atoms with Crippen LogP contribution >= 0.6 is 23.2 Å². The first-order chi connectivity index (χ1) is 9.75. The van der Waals surface area contributed by atoms with Crippen molar-refractivity contribution >= 4 is 33.2 Å². The van der Waals surface area contributed by atoms with E-state index in [9.17, 15) is 8.42 Å². The van der Waals surface area contributed by atoms with E-state index in [2.05, 4.69) is 0 Å². The van der Waals surface area contributed by atoms with Gasteiger partial charge in [0.15, 0.2) is 0 Å². The third-order valence-electron chi connectivity index (χ3n) is 3.85. The molecule has 4 nitrogen and oxygen atoms in total. The molecule has 1 aromatic rings. The molecule has 1 aliphatic rings. The number of hydrogen-bond acceptors (Lipinski definition) is 3. The van der Waals surface area contributed by atoms with Crippen LogP contribution in [0, 0.1) is 5.92 Å². The summed E-state index contributed by atoms with van der Waals surface area (Å²) in [7, 11) is -3.12. The molecular weight excluding hydrogens is 331 g/mol. The molecule has 1 aromatic carbocycles. The lowest BCUT2D eigenvalue weighted by Crippen LogP contribution is -2.40. The van der Waals surface area contributed by atoms with Gasteiger partial charge in [0.05, 0.1) is 6.26 Å². The summed E-state index contributed by atoms with van der Waals surface area (Å²) in [5.41, 5.74) is 7.13. The zero-order chi connectivity index (χ0) is 15.6. The number of sulfonamides is 1. The summed E-state index contributed by atoms with van der Waals surface area (Å²) < 4.78 is 24.8. The Hall–Kier alpha value is -0.330. The van der Waals surface area contributed by atoms with Crippen LogP contribution < -0.4 is 5.73 Å². The Labute approximate surface area is 136 Å². The minimum absolute atomic E-state index is 0.189. The van der Waals surface area contributed by atoms with Crippen LogP contribution in [0.15, 0.2) is 18.2 Å². The Morgan fingerprint density at radius 3 is 2.52 bits per heavy atom. The van der Waals surface area contributed by atoms with Crippen LogP contribution in [-0.2, 0) is 10.0 Å². The van der Waals surface area contributed by atoms with Gasteiger partial charge in [0, 0.05) is 29.2 Å². The van der Waals surface area contributed by atoms with Gasteiger partial charge in [-0.25, -0.2) is 12.7 Å². The third kappa shape index (κ3) is 4.83. The molecule has 2 atom stereocenters. The Morgan fingerprint density at radius 1 is 1.33 bits per heavy atom. The number of nitrogens with zero attached hydrogens (tertiary/aromatic N) is 1. The highest BCUT2D eigenvalue weighted by molar-refractivity contribution is 7.88. The fourth-order valence-electron chi connectivity index (χ4n) is 2.80. The van der Waals surface area contributed by atoms with Crippen molar-refractivity contribution in [3.05, 3.63) is 33.8 Å². The summed E-state index contributed by atoms with van der Waals surface area (Å²) in [5, 5.41) is 1.13. The minimum Gasteiger partial charge on any atom is -0.324 e. The Morgan fingerprint density at radius 2 is 1.95 bits per heavy atom. The molecule has 1 saturated heterocycles. The summed E-state index contributed by atoms with van der Waals surface area (Å²) in [6, 6.07) is 5.11. The lowest BCUT2D eigenvalue weighted by atomic mass is 9.90. The van der Waals surface area contributed by atoms with Crippen molar-refractivity contribution in [1.29, 1.82) is 0 Å². The maximum absolute atomic E-state index is 11.6. The van der Waals surface area contributed by atoms with Gasteiger partial charge >= 0.3 is 0 Å². The molecular formula is C14H20Cl2N2O2S. The lowest BCUT2D eigenvalue weighted by Gasteiger charge is -2.32. The quantitative estimate of drug-likeness (QED) is 0.907. The first kappa shape index (κ1) is 17.0. The number of benzene rings is 1. The molecule has 2 unspecified atom stereocenters. The van der Waals surface area contributed by atoms with E-state index < -0.39 is 10.0 Å². The van der Waals surface area contributed by atoms with Crippen LogP contribution in [0.4, 0.5) is 0 Å². The number of hydrogen-bond donors (Lipinski definition) is 1. The van der Waals surface area contributed by atoms with E-state index in [1.807, 2.05) is 12.1 Å². The molecule has 7 heteroatoms. The van der Waals surface area contributed by atoms with Crippen molar-refractivity contribution in [3.63, 3.8) is 0 Å². The smallest absolute Gasteiger partial charge is 0.211 e. The fraction of sp³-hybridized carbons (Fsp3) is 0.571. The summed E-state index contributed by atoms with van der Waals surface area (Å²) >= 11 is 12.0. The van der Waals surface area contributed by atoms with Gasteiger partial charge < -0.3 is 5.73 Å². The van der Waals surface area contributed by atoms with E-state index in [1.54, 1.807) is 10.4 Å². The van der Waals surface area contributed by atoms with E-state index in [0.29, 0.717) is 23.1 Å². The zero-order valence-corrected chi connectivity index (χ0v) is 14.3. The summed E-state index contributed by atoms with van der Waals surface area (Å²) in [6.45, 7) is 1.15. The largest absolute Gasteiger partial charge is 0.324 e. The maximum Gasteiger partial charge on any atom is 0.211 e. The SMILES string of the molecule is CS(=O)(=O)N1CCCC(CC(N)c2cc(Cl)cc(Cl)c2)C1. The Kier molecular flexibility index (Phi) is 5.54. The molecule has 118 valence electrons. The van der Waals surface area contributed by atoms with Crippen molar-refractivity contribution in [2.24, 2.45) is 11.7 Å². The number of rotatable bonds is 4. The molecule has 0 saturated carbocycles. The van der Waals surface area contributed by atoms with Crippen molar-refractivity contribution < 1.29 is 8.42 Å².